The van der Waals surface area contributed by atoms with Crippen molar-refractivity contribution in [2.75, 3.05) is 31.1 Å². The number of halogens is 1. The molecule has 2 aromatic carbocycles. The third-order valence-corrected chi connectivity index (χ3v) is 5.26. The van der Waals surface area contributed by atoms with Crippen LogP contribution in [0.4, 0.5) is 14.9 Å². The predicted octanol–water partition coefficient (Wildman–Crippen LogP) is 4.15. The standard InChI is InChI=1S/C22H28FN3O/c1-17(19-5-3-2-4-6-19)11-13-24-22(27)25-15-18-12-14-26(16-18)21-9-7-20(23)8-10-21/h2-10,17-18H,11-16H2,1H3,(H2,24,25,27). The highest BCUT2D eigenvalue weighted by Crippen LogP contribution is 2.23. The molecule has 2 aromatic rings. The topological polar surface area (TPSA) is 44.4 Å². The lowest BCUT2D eigenvalue weighted by atomic mass is 9.98. The van der Waals surface area contributed by atoms with Crippen molar-refractivity contribution in [3.05, 3.63) is 66.0 Å². The average molecular weight is 369 g/mol. The Morgan fingerprint density at radius 3 is 2.63 bits per heavy atom. The number of anilines is 1. The summed E-state index contributed by atoms with van der Waals surface area (Å²) in [6.45, 7) is 5.33. The zero-order valence-electron chi connectivity index (χ0n) is 15.8. The van der Waals surface area contributed by atoms with E-state index in [4.69, 9.17) is 0 Å². The van der Waals surface area contributed by atoms with Crippen molar-refractivity contribution in [2.24, 2.45) is 5.92 Å². The Bertz CT molecular complexity index is 720. The van der Waals surface area contributed by atoms with E-state index in [9.17, 15) is 9.18 Å². The van der Waals surface area contributed by atoms with E-state index in [1.807, 2.05) is 30.3 Å². The highest BCUT2D eigenvalue weighted by atomic mass is 19.1. The maximum atomic E-state index is 13.0. The Hall–Kier alpha value is -2.56. The van der Waals surface area contributed by atoms with Crippen LogP contribution in [0.15, 0.2) is 54.6 Å². The van der Waals surface area contributed by atoms with Crippen molar-refractivity contribution in [1.82, 2.24) is 10.6 Å². The van der Waals surface area contributed by atoms with E-state index in [1.165, 1.54) is 17.7 Å². The summed E-state index contributed by atoms with van der Waals surface area (Å²) < 4.78 is 13.0. The Kier molecular flexibility index (Phi) is 6.69. The molecule has 0 bridgehead atoms. The summed E-state index contributed by atoms with van der Waals surface area (Å²) in [4.78, 5) is 14.3. The van der Waals surface area contributed by atoms with E-state index >= 15 is 0 Å². The van der Waals surface area contributed by atoms with Crippen molar-refractivity contribution in [3.63, 3.8) is 0 Å². The summed E-state index contributed by atoms with van der Waals surface area (Å²) in [5.41, 5.74) is 2.34. The first-order valence-corrected chi connectivity index (χ1v) is 9.69. The lowest BCUT2D eigenvalue weighted by Gasteiger charge is -2.19. The number of rotatable bonds is 7. The number of urea groups is 1. The molecule has 0 radical (unpaired) electrons. The molecule has 1 heterocycles. The number of amides is 2. The van der Waals surface area contributed by atoms with Crippen LogP contribution in [0.1, 0.15) is 31.2 Å². The van der Waals surface area contributed by atoms with Gasteiger partial charge in [-0.3, -0.25) is 0 Å². The van der Waals surface area contributed by atoms with Gasteiger partial charge in [0.1, 0.15) is 5.82 Å². The number of nitrogens with one attached hydrogen (secondary N) is 2. The highest BCUT2D eigenvalue weighted by Gasteiger charge is 2.23. The first-order chi connectivity index (χ1) is 13.1. The number of hydrogen-bond donors (Lipinski definition) is 2. The molecule has 0 aliphatic carbocycles. The Morgan fingerprint density at radius 2 is 1.89 bits per heavy atom. The van der Waals surface area contributed by atoms with E-state index in [-0.39, 0.29) is 11.8 Å². The third kappa shape index (κ3) is 5.71. The predicted molar refractivity (Wildman–Crippen MR) is 108 cm³/mol. The number of nitrogens with zero attached hydrogens (tertiary/aromatic N) is 1. The van der Waals surface area contributed by atoms with E-state index in [0.29, 0.717) is 24.9 Å². The molecule has 27 heavy (non-hydrogen) atoms. The summed E-state index contributed by atoms with van der Waals surface area (Å²) in [6, 6.07) is 16.9. The molecule has 1 fully saturated rings. The molecule has 2 atom stereocenters. The first kappa shape index (κ1) is 19.2. The summed E-state index contributed by atoms with van der Waals surface area (Å²) >= 11 is 0. The number of carbonyl (C=O) groups excluding carboxylic acids is 1. The fraction of sp³-hybridized carbons (Fsp3) is 0.409. The number of benzene rings is 2. The van der Waals surface area contributed by atoms with Gasteiger partial charge in [0.25, 0.3) is 0 Å². The molecule has 2 amide bonds. The van der Waals surface area contributed by atoms with Crippen LogP contribution in [0, 0.1) is 11.7 Å². The number of hydrogen-bond acceptors (Lipinski definition) is 2. The lowest BCUT2D eigenvalue weighted by molar-refractivity contribution is 0.239. The summed E-state index contributed by atoms with van der Waals surface area (Å²) in [5.74, 6) is 0.629. The third-order valence-electron chi connectivity index (χ3n) is 5.26. The summed E-state index contributed by atoms with van der Waals surface area (Å²) in [5, 5.41) is 5.93. The molecule has 1 aliphatic rings. The zero-order valence-corrected chi connectivity index (χ0v) is 15.8. The SMILES string of the molecule is CC(CCNC(=O)NCC1CCN(c2ccc(F)cc2)C1)c1ccccc1. The van der Waals surface area contributed by atoms with Crippen LogP contribution in [-0.4, -0.2) is 32.2 Å². The van der Waals surface area contributed by atoms with Gasteiger partial charge in [-0.25, -0.2) is 9.18 Å². The minimum atomic E-state index is -0.214. The molecule has 144 valence electrons. The Balaban J connectivity index is 1.33. The molecule has 2 N–H and O–H groups in total. The molecule has 0 spiro atoms. The van der Waals surface area contributed by atoms with Crippen molar-refractivity contribution >= 4 is 11.7 Å². The maximum absolute atomic E-state index is 13.0. The molecule has 5 heteroatoms. The maximum Gasteiger partial charge on any atom is 0.314 e. The minimum Gasteiger partial charge on any atom is -0.371 e. The average Bonchev–Trinajstić information content (AvgIpc) is 3.16. The highest BCUT2D eigenvalue weighted by molar-refractivity contribution is 5.73. The molecule has 2 unspecified atom stereocenters. The van der Waals surface area contributed by atoms with E-state index in [2.05, 4.69) is 34.6 Å². The smallest absolute Gasteiger partial charge is 0.314 e. The minimum absolute atomic E-state index is 0.101. The molecule has 0 saturated carbocycles. The largest absolute Gasteiger partial charge is 0.371 e. The van der Waals surface area contributed by atoms with Crippen molar-refractivity contribution in [3.8, 4) is 0 Å². The van der Waals surface area contributed by atoms with Gasteiger partial charge in [0.2, 0.25) is 0 Å². The first-order valence-electron chi connectivity index (χ1n) is 9.69. The Labute approximate surface area is 160 Å². The van der Waals surface area contributed by atoms with Gasteiger partial charge in [0.05, 0.1) is 0 Å². The van der Waals surface area contributed by atoms with Crippen molar-refractivity contribution < 1.29 is 9.18 Å². The van der Waals surface area contributed by atoms with Gasteiger partial charge in [-0.15, -0.1) is 0 Å². The van der Waals surface area contributed by atoms with Crippen LogP contribution >= 0.6 is 0 Å². The second-order valence-corrected chi connectivity index (χ2v) is 7.31. The quantitative estimate of drug-likeness (QED) is 0.770. The monoisotopic (exact) mass is 369 g/mol. The van der Waals surface area contributed by atoms with Gasteiger partial charge in [-0.05, 0) is 54.5 Å². The van der Waals surface area contributed by atoms with E-state index < -0.39 is 0 Å². The van der Waals surface area contributed by atoms with Crippen LogP contribution in [0.25, 0.3) is 0 Å². The van der Waals surface area contributed by atoms with Crippen molar-refractivity contribution in [2.45, 2.75) is 25.7 Å². The van der Waals surface area contributed by atoms with Crippen LogP contribution in [0.2, 0.25) is 0 Å². The van der Waals surface area contributed by atoms with Gasteiger partial charge in [0, 0.05) is 31.9 Å². The molecule has 4 nitrogen and oxygen atoms in total. The normalized spacial score (nSPS) is 17.6. The van der Waals surface area contributed by atoms with Gasteiger partial charge in [-0.1, -0.05) is 37.3 Å². The molecule has 3 rings (SSSR count). The van der Waals surface area contributed by atoms with E-state index in [1.54, 1.807) is 0 Å². The fourth-order valence-electron chi connectivity index (χ4n) is 3.54. The Morgan fingerprint density at radius 1 is 1.15 bits per heavy atom. The lowest BCUT2D eigenvalue weighted by Crippen LogP contribution is -2.39. The van der Waals surface area contributed by atoms with Gasteiger partial charge in [0.15, 0.2) is 0 Å². The van der Waals surface area contributed by atoms with Crippen molar-refractivity contribution in [1.29, 1.82) is 0 Å². The van der Waals surface area contributed by atoms with Crippen LogP contribution in [0.3, 0.4) is 0 Å². The van der Waals surface area contributed by atoms with Gasteiger partial charge in [-0.2, -0.15) is 0 Å². The second-order valence-electron chi connectivity index (χ2n) is 7.31. The van der Waals surface area contributed by atoms with E-state index in [0.717, 1.165) is 31.6 Å². The molecular weight excluding hydrogens is 341 g/mol. The number of carbonyl (C=O) groups is 1. The summed E-state index contributed by atoms with van der Waals surface area (Å²) in [7, 11) is 0. The van der Waals surface area contributed by atoms with Crippen LogP contribution in [0.5, 0.6) is 0 Å². The van der Waals surface area contributed by atoms with Crippen LogP contribution < -0.4 is 15.5 Å². The zero-order chi connectivity index (χ0) is 19.1. The summed E-state index contributed by atoms with van der Waals surface area (Å²) in [6.07, 6.45) is 1.95. The second kappa shape index (κ2) is 9.40. The van der Waals surface area contributed by atoms with Crippen LogP contribution in [-0.2, 0) is 0 Å². The molecule has 1 saturated heterocycles. The molecule has 0 aromatic heterocycles. The molecular formula is C22H28FN3O. The molecule has 1 aliphatic heterocycles. The fourth-order valence-corrected chi connectivity index (χ4v) is 3.54. The van der Waals surface area contributed by atoms with Gasteiger partial charge < -0.3 is 15.5 Å². The van der Waals surface area contributed by atoms with Gasteiger partial charge >= 0.3 is 6.03 Å².